The molecule has 4 rings (SSSR count). The van der Waals surface area contributed by atoms with E-state index in [1.807, 2.05) is 66.2 Å². The predicted molar refractivity (Wildman–Crippen MR) is 128 cm³/mol. The number of para-hydroxylation sites is 2. The molecule has 2 N–H and O–H groups in total. The topological polar surface area (TPSA) is 89.2 Å². The number of amides is 1. The molecular weight excluding hydrogens is 416 g/mol. The van der Waals surface area contributed by atoms with Crippen LogP contribution in [0.5, 0.6) is 5.75 Å². The summed E-state index contributed by atoms with van der Waals surface area (Å²) in [6.45, 7) is 2.18. The molecule has 0 unspecified atom stereocenters. The first-order valence-corrected chi connectivity index (χ1v) is 11.1. The Labute approximate surface area is 192 Å². The third-order valence-corrected chi connectivity index (χ3v) is 5.86. The molecular formula is C26H28N4O3. The first-order chi connectivity index (χ1) is 15.9. The van der Waals surface area contributed by atoms with Crippen LogP contribution in [0.4, 0.5) is 0 Å². The van der Waals surface area contributed by atoms with E-state index in [0.29, 0.717) is 25.1 Å². The van der Waals surface area contributed by atoms with Crippen LogP contribution in [0.1, 0.15) is 36.0 Å². The molecule has 2 aromatic carbocycles. The van der Waals surface area contributed by atoms with E-state index >= 15 is 0 Å². The number of aromatic nitrogens is 3. The number of nitrogens with one attached hydrogen (secondary N) is 1. The molecule has 0 bridgehead atoms. The number of pyridine rings is 1. The van der Waals surface area contributed by atoms with Crippen LogP contribution in [0.3, 0.4) is 0 Å². The number of nitrogens with zero attached hydrogens (tertiary/aromatic N) is 3. The summed E-state index contributed by atoms with van der Waals surface area (Å²) < 4.78 is 3.60. The molecule has 0 aliphatic carbocycles. The summed E-state index contributed by atoms with van der Waals surface area (Å²) in [4.78, 5) is 29.8. The van der Waals surface area contributed by atoms with Crippen molar-refractivity contribution in [2.75, 3.05) is 0 Å². The number of imidazole rings is 1. The Hall–Kier alpha value is -3.87. The van der Waals surface area contributed by atoms with Crippen LogP contribution in [0.15, 0.2) is 71.5 Å². The van der Waals surface area contributed by atoms with Crippen molar-refractivity contribution in [3.63, 3.8) is 0 Å². The van der Waals surface area contributed by atoms with Gasteiger partial charge in [0, 0.05) is 31.8 Å². The molecule has 0 spiro atoms. The summed E-state index contributed by atoms with van der Waals surface area (Å²) in [5.74, 6) is 0.671. The van der Waals surface area contributed by atoms with Crippen LogP contribution in [0.25, 0.3) is 11.0 Å². The van der Waals surface area contributed by atoms with Gasteiger partial charge in [-0.1, -0.05) is 42.5 Å². The number of aryl methyl sites for hydroxylation is 2. The zero-order chi connectivity index (χ0) is 23.4. The maximum absolute atomic E-state index is 12.9. The summed E-state index contributed by atoms with van der Waals surface area (Å²) in [6, 6.07) is 20.4. The average Bonchev–Trinajstić information content (AvgIpc) is 3.12. The van der Waals surface area contributed by atoms with E-state index in [4.69, 9.17) is 4.98 Å². The number of hydrogen-bond donors (Lipinski definition) is 2. The maximum atomic E-state index is 12.9. The minimum absolute atomic E-state index is 0.0438. The Morgan fingerprint density at radius 1 is 1.09 bits per heavy atom. The normalized spacial score (nSPS) is 12.1. The minimum Gasteiger partial charge on any atom is -0.508 e. The summed E-state index contributed by atoms with van der Waals surface area (Å²) in [7, 11) is 1.97. The van der Waals surface area contributed by atoms with Crippen molar-refractivity contribution in [2.24, 2.45) is 7.05 Å². The highest BCUT2D eigenvalue weighted by atomic mass is 16.3. The molecule has 170 valence electrons. The molecule has 0 aliphatic heterocycles. The highest BCUT2D eigenvalue weighted by Crippen LogP contribution is 2.23. The van der Waals surface area contributed by atoms with Crippen molar-refractivity contribution in [1.82, 2.24) is 19.4 Å². The minimum atomic E-state index is -0.282. The van der Waals surface area contributed by atoms with Crippen LogP contribution >= 0.6 is 0 Å². The molecule has 0 aliphatic rings. The molecule has 2 aromatic heterocycles. The van der Waals surface area contributed by atoms with E-state index in [9.17, 15) is 14.7 Å². The molecule has 33 heavy (non-hydrogen) atoms. The second kappa shape index (κ2) is 9.73. The van der Waals surface area contributed by atoms with E-state index in [-0.39, 0.29) is 29.7 Å². The Balaban J connectivity index is 1.49. The second-order valence-electron chi connectivity index (χ2n) is 8.28. The Morgan fingerprint density at radius 2 is 1.82 bits per heavy atom. The largest absolute Gasteiger partial charge is 0.508 e. The van der Waals surface area contributed by atoms with Gasteiger partial charge in [-0.2, -0.15) is 0 Å². The predicted octanol–water partition coefficient (Wildman–Crippen LogP) is 3.63. The van der Waals surface area contributed by atoms with Gasteiger partial charge >= 0.3 is 0 Å². The lowest BCUT2D eigenvalue weighted by Crippen LogP contribution is -2.32. The van der Waals surface area contributed by atoms with Crippen LogP contribution < -0.4 is 10.9 Å². The van der Waals surface area contributed by atoms with Gasteiger partial charge in [-0.15, -0.1) is 0 Å². The fraction of sp³-hybridized carbons (Fsp3) is 0.269. The van der Waals surface area contributed by atoms with Crippen LogP contribution in [0, 0.1) is 6.92 Å². The molecule has 0 saturated heterocycles. The molecule has 0 fully saturated rings. The number of hydrogen-bond acceptors (Lipinski definition) is 4. The van der Waals surface area contributed by atoms with E-state index < -0.39 is 0 Å². The molecule has 1 amide bonds. The maximum Gasteiger partial charge on any atom is 0.254 e. The summed E-state index contributed by atoms with van der Waals surface area (Å²) >= 11 is 0. The zero-order valence-electron chi connectivity index (χ0n) is 18.9. The standard InChI is InChI=1S/C26H28N4O3/c1-18-15-20(31)17-25(33)30(18)14-8-13-24(32)27-22(16-19-9-4-3-5-10-19)26-28-21-11-6-7-12-23(21)29(26)2/h3-7,9-12,15,17,22,31H,8,13-14,16H2,1-2H3,(H,27,32)/t22-/m0/s1. The van der Waals surface area contributed by atoms with Crippen molar-refractivity contribution < 1.29 is 9.90 Å². The van der Waals surface area contributed by atoms with E-state index in [2.05, 4.69) is 5.32 Å². The fourth-order valence-electron chi connectivity index (χ4n) is 4.20. The van der Waals surface area contributed by atoms with Gasteiger partial charge in [-0.05, 0) is 43.5 Å². The monoisotopic (exact) mass is 444 g/mol. The average molecular weight is 445 g/mol. The SMILES string of the molecule is Cc1cc(O)cc(=O)n1CCCC(=O)N[C@@H](Cc1ccccc1)c1nc2ccccc2n1C. The van der Waals surface area contributed by atoms with Crippen molar-refractivity contribution in [1.29, 1.82) is 0 Å². The van der Waals surface area contributed by atoms with E-state index in [1.54, 1.807) is 17.6 Å². The first kappa shape index (κ1) is 22.3. The van der Waals surface area contributed by atoms with Gasteiger partial charge in [0.05, 0.1) is 17.1 Å². The molecule has 0 saturated carbocycles. The van der Waals surface area contributed by atoms with Gasteiger partial charge in [0.15, 0.2) is 0 Å². The number of rotatable bonds is 8. The highest BCUT2D eigenvalue weighted by Gasteiger charge is 2.21. The number of aromatic hydroxyl groups is 1. The van der Waals surface area contributed by atoms with Gasteiger partial charge in [-0.3, -0.25) is 9.59 Å². The third-order valence-electron chi connectivity index (χ3n) is 5.86. The number of benzene rings is 2. The van der Waals surface area contributed by atoms with Gasteiger partial charge < -0.3 is 19.6 Å². The second-order valence-corrected chi connectivity index (χ2v) is 8.28. The molecule has 7 nitrogen and oxygen atoms in total. The quantitative estimate of drug-likeness (QED) is 0.434. The van der Waals surface area contributed by atoms with Crippen LogP contribution in [-0.4, -0.2) is 25.1 Å². The number of carbonyl (C=O) groups excluding carboxylic acids is 1. The Kier molecular flexibility index (Phi) is 6.58. The van der Waals surface area contributed by atoms with Gasteiger partial charge in [0.1, 0.15) is 11.6 Å². The Bertz CT molecular complexity index is 1320. The van der Waals surface area contributed by atoms with E-state index in [0.717, 1.165) is 22.4 Å². The molecule has 4 aromatic rings. The molecule has 2 heterocycles. The third kappa shape index (κ3) is 5.14. The molecule has 1 atom stereocenters. The molecule has 0 radical (unpaired) electrons. The summed E-state index contributed by atoms with van der Waals surface area (Å²) in [6.07, 6.45) is 1.42. The van der Waals surface area contributed by atoms with Gasteiger partial charge in [0.2, 0.25) is 5.91 Å². The first-order valence-electron chi connectivity index (χ1n) is 11.1. The summed E-state index contributed by atoms with van der Waals surface area (Å²) in [5, 5.41) is 12.7. The van der Waals surface area contributed by atoms with Crippen molar-refractivity contribution in [2.45, 2.75) is 38.8 Å². The van der Waals surface area contributed by atoms with Crippen molar-refractivity contribution >= 4 is 16.9 Å². The number of fused-ring (bicyclic) bond motifs is 1. The van der Waals surface area contributed by atoms with Crippen LogP contribution in [-0.2, 0) is 24.8 Å². The van der Waals surface area contributed by atoms with Gasteiger partial charge in [-0.25, -0.2) is 4.98 Å². The van der Waals surface area contributed by atoms with Crippen molar-refractivity contribution in [3.8, 4) is 5.75 Å². The van der Waals surface area contributed by atoms with E-state index in [1.165, 1.54) is 6.07 Å². The lowest BCUT2D eigenvalue weighted by molar-refractivity contribution is -0.122. The Morgan fingerprint density at radius 3 is 2.55 bits per heavy atom. The summed E-state index contributed by atoms with van der Waals surface area (Å²) in [5.41, 5.74) is 3.42. The van der Waals surface area contributed by atoms with Crippen LogP contribution in [0.2, 0.25) is 0 Å². The lowest BCUT2D eigenvalue weighted by atomic mass is 10.0. The lowest BCUT2D eigenvalue weighted by Gasteiger charge is -2.19. The number of carbonyl (C=O) groups is 1. The smallest absolute Gasteiger partial charge is 0.254 e. The highest BCUT2D eigenvalue weighted by molar-refractivity contribution is 5.78. The zero-order valence-corrected chi connectivity index (χ0v) is 18.9. The fourth-order valence-corrected chi connectivity index (χ4v) is 4.20. The van der Waals surface area contributed by atoms with Gasteiger partial charge in [0.25, 0.3) is 5.56 Å². The molecule has 7 heteroatoms. The van der Waals surface area contributed by atoms with Crippen molar-refractivity contribution in [3.05, 3.63) is 94.2 Å².